The number of hydrogen-bond acceptors (Lipinski definition) is 6. The van der Waals surface area contributed by atoms with Gasteiger partial charge in [0, 0.05) is 19.5 Å². The minimum Gasteiger partial charge on any atom is -0.495 e. The predicted molar refractivity (Wildman–Crippen MR) is 108 cm³/mol. The van der Waals surface area contributed by atoms with E-state index in [1.54, 1.807) is 29.2 Å². The fraction of sp³-hybridized carbons (Fsp3) is 0.350. The van der Waals surface area contributed by atoms with Crippen molar-refractivity contribution in [1.82, 2.24) is 4.72 Å². The Hall–Kier alpha value is -2.78. The fourth-order valence-corrected chi connectivity index (χ4v) is 4.14. The summed E-state index contributed by atoms with van der Waals surface area (Å²) in [5.41, 5.74) is 0.461. The highest BCUT2D eigenvalue weighted by Gasteiger charge is 2.26. The lowest BCUT2D eigenvalue weighted by Crippen LogP contribution is -2.29. The molecule has 156 valence electrons. The van der Waals surface area contributed by atoms with Gasteiger partial charge in [-0.2, -0.15) is 0 Å². The van der Waals surface area contributed by atoms with Crippen LogP contribution in [0.3, 0.4) is 0 Å². The number of rotatable bonds is 9. The normalized spacial score (nSPS) is 14.1. The van der Waals surface area contributed by atoms with Gasteiger partial charge in [-0.25, -0.2) is 13.1 Å². The first-order valence-electron chi connectivity index (χ1n) is 9.20. The van der Waals surface area contributed by atoms with Crippen molar-refractivity contribution >= 4 is 21.6 Å². The molecule has 1 heterocycles. The maximum atomic E-state index is 12.7. The van der Waals surface area contributed by atoms with E-state index in [1.165, 1.54) is 26.4 Å². The molecular weight excluding hydrogens is 396 g/mol. The van der Waals surface area contributed by atoms with Crippen molar-refractivity contribution in [2.45, 2.75) is 17.7 Å². The highest BCUT2D eigenvalue weighted by Crippen LogP contribution is 2.33. The zero-order chi connectivity index (χ0) is 20.9. The number of carbonyl (C=O) groups is 1. The molecular formula is C20H24N2O6S. The molecule has 0 atom stereocenters. The summed E-state index contributed by atoms with van der Waals surface area (Å²) in [4.78, 5) is 13.7. The van der Waals surface area contributed by atoms with Crippen molar-refractivity contribution in [3.63, 3.8) is 0 Å². The zero-order valence-electron chi connectivity index (χ0n) is 16.4. The number of hydrogen-bond donors (Lipinski definition) is 1. The number of nitrogens with zero attached hydrogens (tertiary/aromatic N) is 1. The van der Waals surface area contributed by atoms with Gasteiger partial charge >= 0.3 is 0 Å². The number of sulfonamides is 1. The Morgan fingerprint density at radius 2 is 1.76 bits per heavy atom. The molecule has 9 heteroatoms. The molecule has 1 fully saturated rings. The molecule has 8 nitrogen and oxygen atoms in total. The van der Waals surface area contributed by atoms with Gasteiger partial charge in [-0.3, -0.25) is 4.79 Å². The van der Waals surface area contributed by atoms with Crippen LogP contribution in [-0.4, -0.2) is 48.2 Å². The lowest BCUT2D eigenvalue weighted by atomic mass is 10.2. The van der Waals surface area contributed by atoms with Crippen LogP contribution in [-0.2, 0) is 14.8 Å². The summed E-state index contributed by atoms with van der Waals surface area (Å²) >= 11 is 0. The third kappa shape index (κ3) is 4.80. The van der Waals surface area contributed by atoms with Crippen LogP contribution >= 0.6 is 0 Å². The molecule has 0 aliphatic carbocycles. The second kappa shape index (κ2) is 9.15. The van der Waals surface area contributed by atoms with Crippen LogP contribution in [0.4, 0.5) is 5.69 Å². The van der Waals surface area contributed by atoms with Gasteiger partial charge in [-0.05, 0) is 36.8 Å². The summed E-state index contributed by atoms with van der Waals surface area (Å²) in [6.07, 6.45) is 1.18. The molecule has 0 radical (unpaired) electrons. The van der Waals surface area contributed by atoms with Gasteiger partial charge in [0.15, 0.2) is 11.5 Å². The molecule has 1 N–H and O–H groups in total. The molecule has 2 aromatic carbocycles. The number of anilines is 1. The molecule has 0 bridgehead atoms. The Morgan fingerprint density at radius 3 is 2.41 bits per heavy atom. The fourth-order valence-electron chi connectivity index (χ4n) is 3.11. The first-order chi connectivity index (χ1) is 14.0. The van der Waals surface area contributed by atoms with Crippen molar-refractivity contribution in [1.29, 1.82) is 0 Å². The van der Waals surface area contributed by atoms with E-state index in [0.29, 0.717) is 35.9 Å². The van der Waals surface area contributed by atoms with E-state index in [4.69, 9.17) is 14.2 Å². The first kappa shape index (κ1) is 20.9. The summed E-state index contributed by atoms with van der Waals surface area (Å²) in [6.45, 7) is 0.747. The topological polar surface area (TPSA) is 94.2 Å². The van der Waals surface area contributed by atoms with Crippen LogP contribution in [0.2, 0.25) is 0 Å². The van der Waals surface area contributed by atoms with Crippen molar-refractivity contribution < 1.29 is 27.4 Å². The Labute approximate surface area is 170 Å². The van der Waals surface area contributed by atoms with Crippen molar-refractivity contribution in [3.8, 4) is 17.2 Å². The highest BCUT2D eigenvalue weighted by atomic mass is 32.2. The van der Waals surface area contributed by atoms with Gasteiger partial charge in [0.2, 0.25) is 15.9 Å². The lowest BCUT2D eigenvalue weighted by Gasteiger charge is -2.20. The highest BCUT2D eigenvalue weighted by molar-refractivity contribution is 7.89. The molecule has 3 rings (SSSR count). The number of nitrogens with one attached hydrogen (secondary N) is 1. The second-order valence-corrected chi connectivity index (χ2v) is 8.15. The number of methoxy groups -OCH3 is 2. The average molecular weight is 420 g/mol. The van der Waals surface area contributed by atoms with E-state index in [9.17, 15) is 13.2 Å². The lowest BCUT2D eigenvalue weighted by molar-refractivity contribution is -0.117. The number of amides is 1. The van der Waals surface area contributed by atoms with Gasteiger partial charge < -0.3 is 19.1 Å². The van der Waals surface area contributed by atoms with E-state index in [2.05, 4.69) is 4.72 Å². The Morgan fingerprint density at radius 1 is 1.03 bits per heavy atom. The second-order valence-electron chi connectivity index (χ2n) is 6.38. The zero-order valence-corrected chi connectivity index (χ0v) is 17.2. The molecule has 29 heavy (non-hydrogen) atoms. The average Bonchev–Trinajstić information content (AvgIpc) is 3.16. The molecule has 0 saturated carbocycles. The molecule has 0 spiro atoms. The van der Waals surface area contributed by atoms with Crippen LogP contribution in [0, 0.1) is 0 Å². The van der Waals surface area contributed by atoms with Gasteiger partial charge in [0.05, 0.1) is 24.8 Å². The quantitative estimate of drug-likeness (QED) is 0.625. The van der Waals surface area contributed by atoms with Crippen LogP contribution in [0.25, 0.3) is 0 Å². The summed E-state index contributed by atoms with van der Waals surface area (Å²) in [7, 11) is -0.754. The van der Waals surface area contributed by atoms with Crippen LogP contribution in [0.5, 0.6) is 17.2 Å². The van der Waals surface area contributed by atoms with Crippen LogP contribution < -0.4 is 23.8 Å². The Balaban J connectivity index is 1.68. The SMILES string of the molecule is COc1ccccc1OCCNS(=O)(=O)c1ccc(OC)c(N2CCCC2=O)c1. The van der Waals surface area contributed by atoms with Gasteiger partial charge in [0.25, 0.3) is 0 Å². The van der Waals surface area contributed by atoms with Crippen molar-refractivity contribution in [2.24, 2.45) is 0 Å². The summed E-state index contributed by atoms with van der Waals surface area (Å²) in [6, 6.07) is 11.6. The predicted octanol–water partition coefficient (Wildman–Crippen LogP) is 2.19. The van der Waals surface area contributed by atoms with Gasteiger partial charge in [-0.1, -0.05) is 12.1 Å². The molecule has 1 amide bonds. The van der Waals surface area contributed by atoms with E-state index in [1.807, 2.05) is 6.07 Å². The van der Waals surface area contributed by atoms with Crippen LogP contribution in [0.1, 0.15) is 12.8 Å². The monoisotopic (exact) mass is 420 g/mol. The van der Waals surface area contributed by atoms with E-state index in [-0.39, 0.29) is 24.0 Å². The van der Waals surface area contributed by atoms with E-state index < -0.39 is 10.0 Å². The summed E-state index contributed by atoms with van der Waals surface area (Å²) < 4.78 is 44.0. The molecule has 1 aliphatic rings. The first-order valence-corrected chi connectivity index (χ1v) is 10.7. The minimum absolute atomic E-state index is 0.0454. The number of carbonyl (C=O) groups excluding carboxylic acids is 1. The standard InChI is InChI=1S/C20H24N2O6S/c1-26-17-10-9-15(14-16(17)22-12-5-8-20(22)23)29(24,25)21-11-13-28-19-7-4-3-6-18(19)27-2/h3-4,6-7,9-10,14,21H,5,8,11-13H2,1-2H3. The molecule has 1 saturated heterocycles. The largest absolute Gasteiger partial charge is 0.495 e. The smallest absolute Gasteiger partial charge is 0.240 e. The van der Waals surface area contributed by atoms with Crippen LogP contribution in [0.15, 0.2) is 47.4 Å². The number of ether oxygens (including phenoxy) is 3. The maximum Gasteiger partial charge on any atom is 0.240 e. The number of para-hydroxylation sites is 2. The Kier molecular flexibility index (Phi) is 6.60. The molecule has 1 aliphatic heterocycles. The van der Waals surface area contributed by atoms with Crippen molar-refractivity contribution in [3.05, 3.63) is 42.5 Å². The summed E-state index contributed by atoms with van der Waals surface area (Å²) in [5, 5.41) is 0. The molecule has 0 aromatic heterocycles. The minimum atomic E-state index is -3.78. The summed E-state index contributed by atoms with van der Waals surface area (Å²) in [5.74, 6) is 1.52. The van der Waals surface area contributed by atoms with E-state index >= 15 is 0 Å². The van der Waals surface area contributed by atoms with Gasteiger partial charge in [0.1, 0.15) is 12.4 Å². The van der Waals surface area contributed by atoms with Crippen molar-refractivity contribution in [2.75, 3.05) is 38.8 Å². The third-order valence-corrected chi connectivity index (χ3v) is 6.00. The molecule has 0 unspecified atom stereocenters. The maximum absolute atomic E-state index is 12.7. The number of benzene rings is 2. The third-order valence-electron chi connectivity index (χ3n) is 4.55. The van der Waals surface area contributed by atoms with Gasteiger partial charge in [-0.15, -0.1) is 0 Å². The molecule has 2 aromatic rings. The Bertz CT molecular complexity index is 977. The van der Waals surface area contributed by atoms with E-state index in [0.717, 1.165) is 6.42 Å².